The average molecular weight is 327 g/mol. The molecule has 0 atom stereocenters. The third-order valence-electron chi connectivity index (χ3n) is 3.69. The first kappa shape index (κ1) is 17.4. The molecule has 0 aliphatic rings. The lowest BCUT2D eigenvalue weighted by Crippen LogP contribution is -2.27. The van der Waals surface area contributed by atoms with E-state index < -0.39 is 0 Å². The minimum absolute atomic E-state index is 0.165. The van der Waals surface area contributed by atoms with Crippen molar-refractivity contribution in [2.24, 2.45) is 0 Å². The van der Waals surface area contributed by atoms with Crippen molar-refractivity contribution in [1.82, 2.24) is 20.1 Å². The highest BCUT2D eigenvalue weighted by molar-refractivity contribution is 6.01. The van der Waals surface area contributed by atoms with Crippen molar-refractivity contribution < 1.29 is 9.59 Å². The Morgan fingerprint density at radius 1 is 1.33 bits per heavy atom. The molecular weight excluding hydrogens is 306 g/mol. The highest BCUT2D eigenvalue weighted by atomic mass is 16.2. The van der Waals surface area contributed by atoms with Crippen LogP contribution in [0.2, 0.25) is 0 Å². The normalized spacial score (nSPS) is 10.2. The molecule has 126 valence electrons. The molecule has 0 saturated carbocycles. The van der Waals surface area contributed by atoms with Crippen molar-refractivity contribution >= 4 is 17.5 Å². The molecule has 2 aromatic rings. The van der Waals surface area contributed by atoms with Gasteiger partial charge in [0.05, 0.1) is 0 Å². The van der Waals surface area contributed by atoms with Crippen LogP contribution in [0.5, 0.6) is 0 Å². The van der Waals surface area contributed by atoms with Crippen LogP contribution >= 0.6 is 0 Å². The van der Waals surface area contributed by atoms with E-state index in [1.54, 1.807) is 37.6 Å². The first-order valence-electron chi connectivity index (χ1n) is 7.72. The Morgan fingerprint density at radius 3 is 2.67 bits per heavy atom. The van der Waals surface area contributed by atoms with Gasteiger partial charge in [0.2, 0.25) is 5.91 Å². The fourth-order valence-electron chi connectivity index (χ4n) is 2.23. The zero-order valence-corrected chi connectivity index (χ0v) is 13.9. The lowest BCUT2D eigenvalue weighted by Gasteiger charge is -2.15. The van der Waals surface area contributed by atoms with E-state index in [0.717, 1.165) is 12.4 Å². The van der Waals surface area contributed by atoms with E-state index in [-0.39, 0.29) is 11.8 Å². The largest absolute Gasteiger partial charge is 0.352 e. The van der Waals surface area contributed by atoms with Gasteiger partial charge < -0.3 is 14.8 Å². The predicted octanol–water partition coefficient (Wildman–Crippen LogP) is 1.42. The number of nitrogens with one attached hydrogen (secondary N) is 1. The van der Waals surface area contributed by atoms with E-state index >= 15 is 0 Å². The van der Waals surface area contributed by atoms with Crippen LogP contribution in [0.3, 0.4) is 0 Å². The SMILES string of the molecule is C=CC(=O)N(C)c1ccc(C(=O)NCCc2nncn2CC)cc1. The van der Waals surface area contributed by atoms with Crippen molar-refractivity contribution in [3.05, 3.63) is 54.6 Å². The highest BCUT2D eigenvalue weighted by Gasteiger charge is 2.10. The van der Waals surface area contributed by atoms with Crippen LogP contribution in [0.4, 0.5) is 5.69 Å². The van der Waals surface area contributed by atoms with Crippen molar-refractivity contribution in [3.8, 4) is 0 Å². The molecule has 7 heteroatoms. The second kappa shape index (κ2) is 8.05. The van der Waals surface area contributed by atoms with E-state index in [4.69, 9.17) is 0 Å². The van der Waals surface area contributed by atoms with Crippen LogP contribution in [-0.4, -0.2) is 40.2 Å². The molecule has 0 saturated heterocycles. The third-order valence-corrected chi connectivity index (χ3v) is 3.69. The first-order valence-corrected chi connectivity index (χ1v) is 7.72. The minimum Gasteiger partial charge on any atom is -0.352 e. The number of carbonyl (C=O) groups excluding carboxylic acids is 2. The van der Waals surface area contributed by atoms with Gasteiger partial charge in [-0.25, -0.2) is 0 Å². The number of aromatic nitrogens is 3. The Morgan fingerprint density at radius 2 is 2.04 bits per heavy atom. The summed E-state index contributed by atoms with van der Waals surface area (Å²) < 4.78 is 1.94. The summed E-state index contributed by atoms with van der Waals surface area (Å²) >= 11 is 0. The van der Waals surface area contributed by atoms with Crippen LogP contribution < -0.4 is 10.2 Å². The molecule has 2 rings (SSSR count). The van der Waals surface area contributed by atoms with Gasteiger partial charge in [-0.2, -0.15) is 0 Å². The summed E-state index contributed by atoms with van der Waals surface area (Å²) in [5, 5.41) is 10.7. The maximum atomic E-state index is 12.1. The van der Waals surface area contributed by atoms with E-state index in [9.17, 15) is 9.59 Å². The van der Waals surface area contributed by atoms with Crippen LogP contribution in [0.1, 0.15) is 23.1 Å². The lowest BCUT2D eigenvalue weighted by atomic mass is 10.2. The zero-order valence-electron chi connectivity index (χ0n) is 13.9. The van der Waals surface area contributed by atoms with Crippen molar-refractivity contribution in [2.75, 3.05) is 18.5 Å². The summed E-state index contributed by atoms with van der Waals surface area (Å²) in [4.78, 5) is 25.2. The predicted molar refractivity (Wildman–Crippen MR) is 91.8 cm³/mol. The Hall–Kier alpha value is -2.96. The first-order chi connectivity index (χ1) is 11.6. The summed E-state index contributed by atoms with van der Waals surface area (Å²) in [5.74, 6) is 0.478. The average Bonchev–Trinajstić information content (AvgIpc) is 3.08. The number of hydrogen-bond donors (Lipinski definition) is 1. The number of carbonyl (C=O) groups is 2. The Labute approximate surface area is 141 Å². The Balaban J connectivity index is 1.91. The number of likely N-dealkylation sites (N-methyl/N-ethyl adjacent to an activating group) is 1. The van der Waals surface area contributed by atoms with Gasteiger partial charge in [-0.3, -0.25) is 9.59 Å². The van der Waals surface area contributed by atoms with Crippen molar-refractivity contribution in [1.29, 1.82) is 0 Å². The topological polar surface area (TPSA) is 80.1 Å². The maximum Gasteiger partial charge on any atom is 0.251 e. The fraction of sp³-hybridized carbons (Fsp3) is 0.294. The summed E-state index contributed by atoms with van der Waals surface area (Å²) in [6.07, 6.45) is 3.54. The van der Waals surface area contributed by atoms with Gasteiger partial charge in [-0.1, -0.05) is 6.58 Å². The molecule has 0 unspecified atom stereocenters. The second-order valence-corrected chi connectivity index (χ2v) is 5.19. The summed E-state index contributed by atoms with van der Waals surface area (Å²) in [7, 11) is 1.66. The van der Waals surface area contributed by atoms with Gasteiger partial charge in [-0.15, -0.1) is 10.2 Å². The van der Waals surface area contributed by atoms with Gasteiger partial charge >= 0.3 is 0 Å². The van der Waals surface area contributed by atoms with E-state index in [0.29, 0.717) is 24.2 Å². The molecule has 0 bridgehead atoms. The molecule has 1 N–H and O–H groups in total. The number of amides is 2. The molecule has 0 fully saturated rings. The second-order valence-electron chi connectivity index (χ2n) is 5.19. The summed E-state index contributed by atoms with van der Waals surface area (Å²) in [6, 6.07) is 6.83. The van der Waals surface area contributed by atoms with Gasteiger partial charge in [-0.05, 0) is 37.3 Å². The lowest BCUT2D eigenvalue weighted by molar-refractivity contribution is -0.113. The van der Waals surface area contributed by atoms with Gasteiger partial charge in [0.1, 0.15) is 12.2 Å². The van der Waals surface area contributed by atoms with Crippen LogP contribution in [0.15, 0.2) is 43.2 Å². The smallest absolute Gasteiger partial charge is 0.251 e. The van der Waals surface area contributed by atoms with E-state index in [1.807, 2.05) is 11.5 Å². The highest BCUT2D eigenvalue weighted by Crippen LogP contribution is 2.14. The molecule has 2 amide bonds. The van der Waals surface area contributed by atoms with Crippen molar-refractivity contribution in [3.63, 3.8) is 0 Å². The molecule has 1 aromatic carbocycles. The van der Waals surface area contributed by atoms with Crippen molar-refractivity contribution in [2.45, 2.75) is 19.9 Å². The number of aryl methyl sites for hydroxylation is 1. The quantitative estimate of drug-likeness (QED) is 0.780. The number of anilines is 1. The fourth-order valence-corrected chi connectivity index (χ4v) is 2.23. The Bertz CT molecular complexity index is 721. The number of rotatable bonds is 7. The number of hydrogen-bond acceptors (Lipinski definition) is 4. The molecule has 0 aliphatic heterocycles. The summed E-state index contributed by atoms with van der Waals surface area (Å²) in [6.45, 7) is 6.75. The van der Waals surface area contributed by atoms with Crippen LogP contribution in [0.25, 0.3) is 0 Å². The van der Waals surface area contributed by atoms with Gasteiger partial charge in [0.15, 0.2) is 0 Å². The molecule has 24 heavy (non-hydrogen) atoms. The molecule has 1 heterocycles. The molecule has 0 spiro atoms. The van der Waals surface area contributed by atoms with E-state index in [2.05, 4.69) is 22.1 Å². The van der Waals surface area contributed by atoms with Gasteiger partial charge in [0.25, 0.3) is 5.91 Å². The minimum atomic E-state index is -0.202. The molecule has 1 aromatic heterocycles. The summed E-state index contributed by atoms with van der Waals surface area (Å²) in [5.41, 5.74) is 1.24. The zero-order chi connectivity index (χ0) is 17.5. The van der Waals surface area contributed by atoms with Crippen LogP contribution in [0, 0.1) is 0 Å². The standard InChI is InChI=1S/C17H21N5O2/c1-4-16(23)21(3)14-8-6-13(7-9-14)17(24)18-11-10-15-20-19-12-22(15)5-2/h4,6-9,12H,1,5,10-11H2,2-3H3,(H,18,24). The molecule has 0 radical (unpaired) electrons. The van der Waals surface area contributed by atoms with E-state index in [1.165, 1.54) is 11.0 Å². The third kappa shape index (κ3) is 4.07. The molecule has 0 aliphatic carbocycles. The molecular formula is C17H21N5O2. The van der Waals surface area contributed by atoms with Crippen LogP contribution in [-0.2, 0) is 17.8 Å². The number of benzene rings is 1. The monoisotopic (exact) mass is 327 g/mol. The maximum absolute atomic E-state index is 12.1. The van der Waals surface area contributed by atoms with Gasteiger partial charge in [0, 0.05) is 37.8 Å². The molecule has 7 nitrogen and oxygen atoms in total. The number of nitrogens with zero attached hydrogens (tertiary/aromatic N) is 4. The Kier molecular flexibility index (Phi) is 5.83.